The highest BCUT2D eigenvalue weighted by molar-refractivity contribution is 5.72. The minimum Gasteiger partial charge on any atom is -0.399 e. The molecule has 1 rings (SSSR count). The lowest BCUT2D eigenvalue weighted by Crippen LogP contribution is -1.87. The zero-order valence-electron chi connectivity index (χ0n) is 8.46. The van der Waals surface area contributed by atoms with Gasteiger partial charge in [0.2, 0.25) is 0 Å². The number of hydrogen-bond donors (Lipinski definition) is 1. The first-order valence-electron chi connectivity index (χ1n) is 4.50. The molecule has 72 valence electrons. The van der Waals surface area contributed by atoms with Gasteiger partial charge in [0.1, 0.15) is 0 Å². The zero-order chi connectivity index (χ0) is 10.6. The average molecular weight is 185 g/mol. The first-order valence-corrected chi connectivity index (χ1v) is 4.50. The standard InChI is InChI=1S/C13H15N/c1-4-11(5-2)10(3)12-6-8-13(14)9-7-12/h4-9H,1-2,14H2,3H3. The Morgan fingerprint density at radius 1 is 1.14 bits per heavy atom. The Morgan fingerprint density at radius 2 is 1.64 bits per heavy atom. The fraction of sp³-hybridized carbons (Fsp3) is 0.0769. The largest absolute Gasteiger partial charge is 0.399 e. The van der Waals surface area contributed by atoms with Gasteiger partial charge in [-0.25, -0.2) is 0 Å². The second kappa shape index (κ2) is 4.47. The van der Waals surface area contributed by atoms with Gasteiger partial charge in [-0.05, 0) is 35.8 Å². The van der Waals surface area contributed by atoms with Crippen LogP contribution in [0, 0.1) is 0 Å². The Bertz CT molecular complexity index is 359. The van der Waals surface area contributed by atoms with Crippen molar-refractivity contribution in [3.63, 3.8) is 0 Å². The minimum atomic E-state index is 0.778. The highest BCUT2D eigenvalue weighted by Gasteiger charge is 1.98. The van der Waals surface area contributed by atoms with Crippen molar-refractivity contribution in [2.24, 2.45) is 0 Å². The minimum absolute atomic E-state index is 0.778. The van der Waals surface area contributed by atoms with Crippen LogP contribution in [0.15, 0.2) is 55.1 Å². The van der Waals surface area contributed by atoms with Gasteiger partial charge >= 0.3 is 0 Å². The van der Waals surface area contributed by atoms with E-state index in [1.54, 1.807) is 12.2 Å². The molecule has 0 amide bonds. The summed E-state index contributed by atoms with van der Waals surface area (Å²) in [5.74, 6) is 0. The van der Waals surface area contributed by atoms with Crippen LogP contribution in [0.1, 0.15) is 12.5 Å². The maximum Gasteiger partial charge on any atom is 0.0314 e. The van der Waals surface area contributed by atoms with Gasteiger partial charge in [0.15, 0.2) is 0 Å². The second-order valence-corrected chi connectivity index (χ2v) is 3.11. The third-order valence-electron chi connectivity index (χ3n) is 2.22. The number of rotatable bonds is 3. The Morgan fingerprint density at radius 3 is 2.07 bits per heavy atom. The molecule has 0 unspecified atom stereocenters. The lowest BCUT2D eigenvalue weighted by molar-refractivity contribution is 1.53. The molecule has 1 nitrogen and oxygen atoms in total. The van der Waals surface area contributed by atoms with Crippen LogP contribution in [0.4, 0.5) is 5.69 Å². The molecule has 0 aliphatic rings. The first-order chi connectivity index (χ1) is 6.69. The zero-order valence-corrected chi connectivity index (χ0v) is 8.46. The van der Waals surface area contributed by atoms with Crippen LogP contribution in [-0.2, 0) is 0 Å². The first kappa shape index (κ1) is 10.3. The SMILES string of the molecule is C=CC(C=C)=C(C)c1ccc(N)cc1. The summed E-state index contributed by atoms with van der Waals surface area (Å²) in [7, 11) is 0. The predicted octanol–water partition coefficient (Wildman–Crippen LogP) is 3.41. The van der Waals surface area contributed by atoms with Crippen molar-refractivity contribution < 1.29 is 0 Å². The fourth-order valence-electron chi connectivity index (χ4n) is 1.29. The molecule has 1 aromatic carbocycles. The summed E-state index contributed by atoms with van der Waals surface area (Å²) in [6, 6.07) is 7.78. The molecule has 0 saturated carbocycles. The van der Waals surface area contributed by atoms with Crippen LogP contribution in [0.5, 0.6) is 0 Å². The number of benzene rings is 1. The molecular formula is C13H15N. The summed E-state index contributed by atoms with van der Waals surface area (Å²) in [6.07, 6.45) is 3.61. The van der Waals surface area contributed by atoms with Gasteiger partial charge in [-0.3, -0.25) is 0 Å². The summed E-state index contributed by atoms with van der Waals surface area (Å²) in [5.41, 5.74) is 9.75. The summed E-state index contributed by atoms with van der Waals surface area (Å²) in [5, 5.41) is 0. The summed E-state index contributed by atoms with van der Waals surface area (Å²) in [4.78, 5) is 0. The van der Waals surface area contributed by atoms with E-state index in [0.29, 0.717) is 0 Å². The number of nitrogen functional groups attached to an aromatic ring is 1. The maximum atomic E-state index is 5.61. The van der Waals surface area contributed by atoms with Crippen LogP contribution in [-0.4, -0.2) is 0 Å². The molecule has 0 aromatic heterocycles. The van der Waals surface area contributed by atoms with E-state index in [0.717, 1.165) is 22.4 Å². The predicted molar refractivity (Wildman–Crippen MR) is 63.8 cm³/mol. The molecule has 0 aliphatic heterocycles. The van der Waals surface area contributed by atoms with Gasteiger partial charge in [0.25, 0.3) is 0 Å². The van der Waals surface area contributed by atoms with Crippen molar-refractivity contribution in [1.29, 1.82) is 0 Å². The highest BCUT2D eigenvalue weighted by atomic mass is 14.5. The van der Waals surface area contributed by atoms with Crippen LogP contribution < -0.4 is 5.73 Å². The van der Waals surface area contributed by atoms with Crippen molar-refractivity contribution >= 4 is 11.3 Å². The Balaban J connectivity index is 3.16. The molecule has 1 heteroatoms. The number of hydrogen-bond acceptors (Lipinski definition) is 1. The van der Waals surface area contributed by atoms with E-state index in [1.807, 2.05) is 31.2 Å². The van der Waals surface area contributed by atoms with Crippen molar-refractivity contribution in [2.45, 2.75) is 6.92 Å². The number of allylic oxidation sites excluding steroid dienone is 4. The van der Waals surface area contributed by atoms with Gasteiger partial charge in [0.05, 0.1) is 0 Å². The molecule has 0 atom stereocenters. The summed E-state index contributed by atoms with van der Waals surface area (Å²) < 4.78 is 0. The molecule has 2 N–H and O–H groups in total. The van der Waals surface area contributed by atoms with Crippen molar-refractivity contribution in [3.05, 3.63) is 60.7 Å². The van der Waals surface area contributed by atoms with Crippen molar-refractivity contribution in [2.75, 3.05) is 5.73 Å². The molecule has 0 fully saturated rings. The monoisotopic (exact) mass is 185 g/mol. The van der Waals surface area contributed by atoms with E-state index in [1.165, 1.54) is 0 Å². The second-order valence-electron chi connectivity index (χ2n) is 3.11. The maximum absolute atomic E-state index is 5.61. The van der Waals surface area contributed by atoms with E-state index in [4.69, 9.17) is 5.73 Å². The third kappa shape index (κ3) is 2.13. The molecule has 1 aromatic rings. The molecule has 0 radical (unpaired) electrons. The molecule has 0 heterocycles. The van der Waals surface area contributed by atoms with Gasteiger partial charge in [-0.2, -0.15) is 0 Å². The van der Waals surface area contributed by atoms with E-state index < -0.39 is 0 Å². The highest BCUT2D eigenvalue weighted by Crippen LogP contribution is 2.20. The Hall–Kier alpha value is -1.76. The summed E-state index contributed by atoms with van der Waals surface area (Å²) >= 11 is 0. The number of nitrogens with two attached hydrogens (primary N) is 1. The van der Waals surface area contributed by atoms with E-state index in [-0.39, 0.29) is 0 Å². The van der Waals surface area contributed by atoms with E-state index in [2.05, 4.69) is 13.2 Å². The summed E-state index contributed by atoms with van der Waals surface area (Å²) in [6.45, 7) is 9.53. The van der Waals surface area contributed by atoms with E-state index in [9.17, 15) is 0 Å². The van der Waals surface area contributed by atoms with Crippen molar-refractivity contribution in [1.82, 2.24) is 0 Å². The normalized spacial score (nSPS) is 9.21. The van der Waals surface area contributed by atoms with Gasteiger partial charge < -0.3 is 5.73 Å². The lowest BCUT2D eigenvalue weighted by Gasteiger charge is -2.05. The Labute approximate surface area is 85.3 Å². The van der Waals surface area contributed by atoms with Crippen molar-refractivity contribution in [3.8, 4) is 0 Å². The fourth-order valence-corrected chi connectivity index (χ4v) is 1.29. The topological polar surface area (TPSA) is 26.0 Å². The van der Waals surface area contributed by atoms with Gasteiger partial charge in [-0.15, -0.1) is 0 Å². The van der Waals surface area contributed by atoms with Crippen LogP contribution in [0.25, 0.3) is 5.57 Å². The van der Waals surface area contributed by atoms with E-state index >= 15 is 0 Å². The lowest BCUT2D eigenvalue weighted by atomic mass is 10.0. The van der Waals surface area contributed by atoms with Crippen LogP contribution in [0.2, 0.25) is 0 Å². The molecule has 0 spiro atoms. The van der Waals surface area contributed by atoms with Crippen LogP contribution in [0.3, 0.4) is 0 Å². The van der Waals surface area contributed by atoms with Crippen LogP contribution >= 0.6 is 0 Å². The quantitative estimate of drug-likeness (QED) is 0.566. The molecule has 14 heavy (non-hydrogen) atoms. The third-order valence-corrected chi connectivity index (χ3v) is 2.22. The molecule has 0 saturated heterocycles. The molecule has 0 bridgehead atoms. The Kier molecular flexibility index (Phi) is 3.29. The molecule has 0 aliphatic carbocycles. The van der Waals surface area contributed by atoms with Gasteiger partial charge in [-0.1, -0.05) is 37.4 Å². The number of anilines is 1. The smallest absolute Gasteiger partial charge is 0.0314 e. The molecular weight excluding hydrogens is 170 g/mol. The average Bonchev–Trinajstić information content (AvgIpc) is 2.20. The van der Waals surface area contributed by atoms with Gasteiger partial charge in [0, 0.05) is 5.69 Å².